The van der Waals surface area contributed by atoms with Crippen LogP contribution in [-0.2, 0) is 0 Å². The maximum Gasteiger partial charge on any atom is 0.168 e. The Kier molecular flexibility index (Phi) is 3.45. The number of anilines is 2. The highest BCUT2D eigenvalue weighted by molar-refractivity contribution is 5.46. The lowest BCUT2D eigenvalue weighted by atomic mass is 10.1. The van der Waals surface area contributed by atoms with Crippen molar-refractivity contribution in [3.63, 3.8) is 0 Å². The van der Waals surface area contributed by atoms with Gasteiger partial charge in [0.2, 0.25) is 0 Å². The molecule has 1 aliphatic rings. The van der Waals surface area contributed by atoms with Gasteiger partial charge in [0.25, 0.3) is 0 Å². The average Bonchev–Trinajstić information content (AvgIpc) is 2.76. The van der Waals surface area contributed by atoms with Gasteiger partial charge < -0.3 is 10.6 Å². The minimum atomic E-state index is -0.805. The molecule has 0 saturated heterocycles. The first-order chi connectivity index (χ1) is 8.08. The fourth-order valence-corrected chi connectivity index (χ4v) is 2.41. The minimum absolute atomic E-state index is 0.135. The lowest BCUT2D eigenvalue weighted by Gasteiger charge is -2.22. The fraction of sp³-hybridized carbons (Fsp3) is 0.583. The van der Waals surface area contributed by atoms with Crippen LogP contribution in [0.4, 0.5) is 20.4 Å². The highest BCUT2D eigenvalue weighted by atomic mass is 19.1. The molecule has 0 aliphatic heterocycles. The van der Waals surface area contributed by atoms with Crippen LogP contribution in [0.15, 0.2) is 6.07 Å². The van der Waals surface area contributed by atoms with Crippen molar-refractivity contribution >= 4 is 11.6 Å². The maximum atomic E-state index is 13.6. The zero-order valence-corrected chi connectivity index (χ0v) is 9.92. The van der Waals surface area contributed by atoms with Gasteiger partial charge in [-0.2, -0.15) is 0 Å². The van der Waals surface area contributed by atoms with Crippen LogP contribution < -0.4 is 10.6 Å². The van der Waals surface area contributed by atoms with Crippen LogP contribution in [0.25, 0.3) is 0 Å². The van der Waals surface area contributed by atoms with Crippen LogP contribution in [-0.4, -0.2) is 18.6 Å². The zero-order chi connectivity index (χ0) is 12.4. The number of nitrogen functional groups attached to an aromatic ring is 1. The van der Waals surface area contributed by atoms with E-state index in [1.165, 1.54) is 25.7 Å². The van der Waals surface area contributed by atoms with Crippen molar-refractivity contribution in [2.24, 2.45) is 5.92 Å². The second-order valence-corrected chi connectivity index (χ2v) is 4.69. The molecule has 2 rings (SSSR count). The lowest BCUT2D eigenvalue weighted by Crippen LogP contribution is -2.26. The molecule has 0 unspecified atom stereocenters. The highest BCUT2D eigenvalue weighted by Gasteiger charge is 2.20. The molecule has 0 radical (unpaired) electrons. The number of hydrogen-bond donors (Lipinski definition) is 1. The number of halogens is 2. The van der Waals surface area contributed by atoms with Gasteiger partial charge in [-0.25, -0.2) is 13.8 Å². The van der Waals surface area contributed by atoms with E-state index in [1.807, 2.05) is 0 Å². The van der Waals surface area contributed by atoms with E-state index in [-0.39, 0.29) is 11.6 Å². The van der Waals surface area contributed by atoms with Gasteiger partial charge >= 0.3 is 0 Å². The van der Waals surface area contributed by atoms with Crippen molar-refractivity contribution in [1.82, 2.24) is 4.98 Å². The first kappa shape index (κ1) is 12.1. The Morgan fingerprint density at radius 2 is 2.00 bits per heavy atom. The number of pyridine rings is 1. The van der Waals surface area contributed by atoms with Gasteiger partial charge in [-0.1, -0.05) is 12.8 Å². The summed E-state index contributed by atoms with van der Waals surface area (Å²) < 4.78 is 26.5. The monoisotopic (exact) mass is 241 g/mol. The van der Waals surface area contributed by atoms with E-state index in [2.05, 4.69) is 4.98 Å². The summed E-state index contributed by atoms with van der Waals surface area (Å²) in [6.07, 6.45) is 4.81. The molecule has 17 heavy (non-hydrogen) atoms. The normalized spacial score (nSPS) is 16.4. The average molecular weight is 241 g/mol. The molecule has 0 aromatic carbocycles. The third-order valence-electron chi connectivity index (χ3n) is 3.31. The topological polar surface area (TPSA) is 42.2 Å². The van der Waals surface area contributed by atoms with E-state index in [9.17, 15) is 8.78 Å². The first-order valence-corrected chi connectivity index (χ1v) is 5.90. The van der Waals surface area contributed by atoms with Crippen molar-refractivity contribution < 1.29 is 8.78 Å². The Balaban J connectivity index is 2.12. The summed E-state index contributed by atoms with van der Waals surface area (Å²) >= 11 is 0. The number of rotatable bonds is 3. The number of nitrogens with zero attached hydrogens (tertiary/aromatic N) is 2. The summed E-state index contributed by atoms with van der Waals surface area (Å²) in [5.74, 6) is -0.999. The summed E-state index contributed by atoms with van der Waals surface area (Å²) in [5.41, 5.74) is 5.36. The summed E-state index contributed by atoms with van der Waals surface area (Å²) in [5, 5.41) is 0. The van der Waals surface area contributed by atoms with Crippen molar-refractivity contribution in [3.8, 4) is 0 Å². The van der Waals surface area contributed by atoms with Gasteiger partial charge in [0.1, 0.15) is 0 Å². The van der Waals surface area contributed by atoms with Gasteiger partial charge in [-0.05, 0) is 18.8 Å². The van der Waals surface area contributed by atoms with E-state index in [0.717, 1.165) is 12.6 Å². The van der Waals surface area contributed by atoms with E-state index in [4.69, 9.17) is 5.73 Å². The molecule has 1 fully saturated rings. The molecular formula is C12H17F2N3. The Hall–Kier alpha value is -1.39. The second-order valence-electron chi connectivity index (χ2n) is 4.69. The molecule has 94 valence electrons. The smallest absolute Gasteiger partial charge is 0.168 e. The molecule has 0 atom stereocenters. The van der Waals surface area contributed by atoms with Gasteiger partial charge in [0.15, 0.2) is 23.3 Å². The van der Waals surface area contributed by atoms with E-state index in [1.54, 1.807) is 11.9 Å². The zero-order valence-electron chi connectivity index (χ0n) is 9.92. The predicted octanol–water partition coefficient (Wildman–Crippen LogP) is 2.57. The van der Waals surface area contributed by atoms with Crippen LogP contribution >= 0.6 is 0 Å². The SMILES string of the molecule is CN(CC1CCCC1)c1nc(N)c(F)cc1F. The highest BCUT2D eigenvalue weighted by Crippen LogP contribution is 2.27. The largest absolute Gasteiger partial charge is 0.381 e. The van der Waals surface area contributed by atoms with Crippen molar-refractivity contribution in [1.29, 1.82) is 0 Å². The van der Waals surface area contributed by atoms with Crippen LogP contribution in [0.2, 0.25) is 0 Å². The fourth-order valence-electron chi connectivity index (χ4n) is 2.41. The van der Waals surface area contributed by atoms with E-state index >= 15 is 0 Å². The molecule has 0 bridgehead atoms. The summed E-state index contributed by atoms with van der Waals surface area (Å²) in [6.45, 7) is 0.745. The molecule has 0 spiro atoms. The summed E-state index contributed by atoms with van der Waals surface area (Å²) in [7, 11) is 1.76. The van der Waals surface area contributed by atoms with Crippen molar-refractivity contribution in [2.75, 3.05) is 24.2 Å². The molecular weight excluding hydrogens is 224 g/mol. The molecule has 1 saturated carbocycles. The van der Waals surface area contributed by atoms with Gasteiger partial charge in [-0.15, -0.1) is 0 Å². The molecule has 1 aromatic rings. The molecule has 0 amide bonds. The van der Waals surface area contributed by atoms with Crippen LogP contribution in [0.5, 0.6) is 0 Å². The number of hydrogen-bond acceptors (Lipinski definition) is 3. The third-order valence-corrected chi connectivity index (χ3v) is 3.31. The molecule has 2 N–H and O–H groups in total. The minimum Gasteiger partial charge on any atom is -0.381 e. The van der Waals surface area contributed by atoms with E-state index in [0.29, 0.717) is 5.92 Å². The first-order valence-electron chi connectivity index (χ1n) is 5.90. The van der Waals surface area contributed by atoms with E-state index < -0.39 is 11.6 Å². The lowest BCUT2D eigenvalue weighted by molar-refractivity contribution is 0.530. The predicted molar refractivity (Wildman–Crippen MR) is 63.8 cm³/mol. The van der Waals surface area contributed by atoms with Gasteiger partial charge in [0, 0.05) is 19.7 Å². The standard InChI is InChI=1S/C12H17F2N3/c1-17(7-8-4-2-3-5-8)12-10(14)6-9(13)11(15)16-12/h6,8H,2-5,7H2,1H3,(H2,15,16). The molecule has 5 heteroatoms. The maximum absolute atomic E-state index is 13.6. The second kappa shape index (κ2) is 4.85. The Morgan fingerprint density at radius 1 is 1.35 bits per heavy atom. The van der Waals surface area contributed by atoms with Crippen molar-refractivity contribution in [3.05, 3.63) is 17.7 Å². The Morgan fingerprint density at radius 3 is 2.65 bits per heavy atom. The quantitative estimate of drug-likeness (QED) is 0.884. The Labute approximate surface area is 99.6 Å². The number of nitrogens with two attached hydrogens (primary N) is 1. The molecule has 1 aromatic heterocycles. The van der Waals surface area contributed by atoms with Gasteiger partial charge in [0.05, 0.1) is 0 Å². The van der Waals surface area contributed by atoms with Gasteiger partial charge in [-0.3, -0.25) is 0 Å². The third kappa shape index (κ3) is 2.65. The summed E-state index contributed by atoms with van der Waals surface area (Å²) in [6, 6.07) is 0.794. The van der Waals surface area contributed by atoms with Crippen molar-refractivity contribution in [2.45, 2.75) is 25.7 Å². The van der Waals surface area contributed by atoms with Crippen LogP contribution in [0.1, 0.15) is 25.7 Å². The molecule has 1 heterocycles. The molecule has 1 aliphatic carbocycles. The summed E-state index contributed by atoms with van der Waals surface area (Å²) in [4.78, 5) is 5.49. The number of aromatic nitrogens is 1. The molecule has 3 nitrogen and oxygen atoms in total. The van der Waals surface area contributed by atoms with Crippen LogP contribution in [0.3, 0.4) is 0 Å². The van der Waals surface area contributed by atoms with Crippen LogP contribution in [0, 0.1) is 17.6 Å². The Bertz CT molecular complexity index is 403.